The highest BCUT2D eigenvalue weighted by Crippen LogP contribution is 2.66. The van der Waals surface area contributed by atoms with Crippen molar-refractivity contribution < 1.29 is 39.1 Å². The lowest BCUT2D eigenvalue weighted by Crippen LogP contribution is -2.60. The number of phenols is 1. The Morgan fingerprint density at radius 2 is 1.79 bits per heavy atom. The molecule has 2 saturated heterocycles. The standard InChI is InChI=1S/C28H24BBrCl2N2O8/c1-42-15-5-8-20(35)18(10-15)22-16-6-7-17-21(19(16)11-27(31)25(38)33(12-30)26(39)28(22,27)32)24(37)34(23(17)36)14-4-2-3-13(9-14)29(40)41/h2-6,8-10,17,19,21-22,35,40-41H,7,11-12H2,1H3/t17-,19+,21-,22+,27+,28-/m0/s1. The third-order valence-corrected chi connectivity index (χ3v) is 10.9. The molecular formula is C28H24BBrCl2N2O8. The minimum atomic E-state index is -2.06. The number of aromatic hydroxyl groups is 1. The Morgan fingerprint density at radius 1 is 1.05 bits per heavy atom. The third-order valence-electron chi connectivity index (χ3n) is 8.99. The molecule has 3 fully saturated rings. The van der Waals surface area contributed by atoms with E-state index >= 15 is 0 Å². The van der Waals surface area contributed by atoms with Crippen LogP contribution in [0.1, 0.15) is 24.3 Å². The van der Waals surface area contributed by atoms with Gasteiger partial charge in [0.2, 0.25) is 11.8 Å². The van der Waals surface area contributed by atoms with Gasteiger partial charge in [-0.25, -0.2) is 0 Å². The highest BCUT2D eigenvalue weighted by atomic mass is 79.9. The number of benzene rings is 2. The number of phenolic OH excluding ortho intramolecular Hbond substituents is 1. The van der Waals surface area contributed by atoms with Crippen molar-refractivity contribution in [3.63, 3.8) is 0 Å². The highest BCUT2D eigenvalue weighted by Gasteiger charge is 2.76. The van der Waals surface area contributed by atoms with Crippen LogP contribution < -0.4 is 15.1 Å². The zero-order chi connectivity index (χ0) is 30.3. The number of nitrogens with zero attached hydrogens (tertiary/aromatic N) is 2. The molecule has 4 amide bonds. The molecule has 4 aliphatic rings. The van der Waals surface area contributed by atoms with Crippen LogP contribution in [-0.4, -0.2) is 73.1 Å². The molecular weight excluding hydrogens is 654 g/mol. The molecule has 1 saturated carbocycles. The van der Waals surface area contributed by atoms with E-state index in [-0.39, 0.29) is 40.8 Å². The van der Waals surface area contributed by atoms with Crippen molar-refractivity contribution in [3.05, 3.63) is 59.7 Å². The van der Waals surface area contributed by atoms with Crippen LogP contribution in [0.3, 0.4) is 0 Å². The summed E-state index contributed by atoms with van der Waals surface area (Å²) in [4.78, 5) is 53.2. The number of alkyl halides is 3. The number of methoxy groups -OCH3 is 1. The monoisotopic (exact) mass is 676 g/mol. The van der Waals surface area contributed by atoms with E-state index in [9.17, 15) is 34.3 Å². The van der Waals surface area contributed by atoms with E-state index in [1.54, 1.807) is 6.08 Å². The molecule has 2 aliphatic carbocycles. The Bertz CT molecular complexity index is 1590. The largest absolute Gasteiger partial charge is 0.508 e. The number of hydrogen-bond acceptors (Lipinski definition) is 8. The maximum absolute atomic E-state index is 14.1. The molecule has 2 heterocycles. The maximum atomic E-state index is 14.1. The molecule has 2 aliphatic heterocycles. The molecule has 6 atom stereocenters. The van der Waals surface area contributed by atoms with Crippen molar-refractivity contribution in [2.45, 2.75) is 28.5 Å². The summed E-state index contributed by atoms with van der Waals surface area (Å²) in [7, 11) is -0.370. The summed E-state index contributed by atoms with van der Waals surface area (Å²) in [6.45, 7) is 0. The molecule has 0 aromatic heterocycles. The molecule has 10 nitrogen and oxygen atoms in total. The lowest BCUT2D eigenvalue weighted by Gasteiger charge is -2.50. The predicted molar refractivity (Wildman–Crippen MR) is 157 cm³/mol. The molecule has 14 heteroatoms. The van der Waals surface area contributed by atoms with Crippen LogP contribution in [0.15, 0.2) is 54.1 Å². The smallest absolute Gasteiger partial charge is 0.488 e. The van der Waals surface area contributed by atoms with Gasteiger partial charge >= 0.3 is 7.12 Å². The van der Waals surface area contributed by atoms with E-state index < -0.39 is 64.2 Å². The number of imide groups is 2. The Hall–Kier alpha value is -2.90. The summed E-state index contributed by atoms with van der Waals surface area (Å²) in [6, 6.07) is 10.3. The molecule has 0 spiro atoms. The first-order valence-electron chi connectivity index (χ1n) is 13.1. The van der Waals surface area contributed by atoms with Crippen LogP contribution in [0.2, 0.25) is 0 Å². The molecule has 218 valence electrons. The quantitative estimate of drug-likeness (QED) is 0.143. The van der Waals surface area contributed by atoms with E-state index in [1.165, 1.54) is 49.6 Å². The normalized spacial score (nSPS) is 32.0. The summed E-state index contributed by atoms with van der Waals surface area (Å²) in [6.07, 6.45) is 1.68. The number of amides is 4. The topological polar surface area (TPSA) is 145 Å². The number of hydrogen-bond donors (Lipinski definition) is 3. The Labute approximate surface area is 259 Å². The average molecular weight is 678 g/mol. The predicted octanol–water partition coefficient (Wildman–Crippen LogP) is 2.00. The van der Waals surface area contributed by atoms with E-state index in [1.807, 2.05) is 0 Å². The van der Waals surface area contributed by atoms with Crippen LogP contribution >= 0.6 is 39.1 Å². The van der Waals surface area contributed by atoms with Crippen molar-refractivity contribution in [2.24, 2.45) is 17.8 Å². The maximum Gasteiger partial charge on any atom is 0.488 e. The second-order valence-electron chi connectivity index (χ2n) is 10.9. The molecule has 42 heavy (non-hydrogen) atoms. The van der Waals surface area contributed by atoms with Gasteiger partial charge in [-0.2, -0.15) is 0 Å². The molecule has 0 unspecified atom stereocenters. The van der Waals surface area contributed by atoms with Gasteiger partial charge in [0.25, 0.3) is 11.8 Å². The first-order valence-corrected chi connectivity index (χ1v) is 15.0. The number of carbonyl (C=O) groups is 4. The van der Waals surface area contributed by atoms with Gasteiger partial charge in [0.15, 0.2) is 9.75 Å². The third kappa shape index (κ3) is 3.78. The van der Waals surface area contributed by atoms with Gasteiger partial charge in [0, 0.05) is 11.5 Å². The number of allylic oxidation sites excluding steroid dienone is 2. The SMILES string of the molecule is COc1ccc(O)c([C@H]2C3=CC[C@@H]4C(=O)N(c5cccc(B(O)O)c5)C(=O)[C@@H]4[C@@H]3C[C@@]3(Cl)C(=O)N(CBr)C(=O)[C@@]23Cl)c1. The zero-order valence-corrected chi connectivity index (χ0v) is 25.1. The number of ether oxygens (including phenoxy) is 1. The van der Waals surface area contributed by atoms with Crippen molar-refractivity contribution in [3.8, 4) is 11.5 Å². The minimum absolute atomic E-state index is 0.101. The summed E-state index contributed by atoms with van der Waals surface area (Å²) in [5, 5.41) is 30.3. The number of halogens is 3. The number of anilines is 1. The van der Waals surface area contributed by atoms with E-state index in [2.05, 4.69) is 15.9 Å². The zero-order valence-electron chi connectivity index (χ0n) is 22.0. The molecule has 2 aromatic rings. The van der Waals surface area contributed by atoms with Gasteiger partial charge < -0.3 is 19.9 Å². The Kier molecular flexibility index (Phi) is 7.01. The van der Waals surface area contributed by atoms with Crippen LogP contribution in [0, 0.1) is 17.8 Å². The van der Waals surface area contributed by atoms with Gasteiger partial charge in [0.1, 0.15) is 11.5 Å². The lowest BCUT2D eigenvalue weighted by molar-refractivity contribution is -0.138. The summed E-state index contributed by atoms with van der Waals surface area (Å²) in [5.41, 5.74) is 0.822. The Balaban J connectivity index is 1.52. The van der Waals surface area contributed by atoms with Gasteiger partial charge in [-0.15, -0.1) is 23.2 Å². The first kappa shape index (κ1) is 29.2. The fourth-order valence-electron chi connectivity index (χ4n) is 7.07. The number of carbonyl (C=O) groups excluding carboxylic acids is 4. The minimum Gasteiger partial charge on any atom is -0.508 e. The van der Waals surface area contributed by atoms with Crippen LogP contribution in [0.25, 0.3) is 0 Å². The van der Waals surface area contributed by atoms with E-state index in [0.717, 1.165) is 9.80 Å². The van der Waals surface area contributed by atoms with Crippen molar-refractivity contribution in [1.29, 1.82) is 0 Å². The highest BCUT2D eigenvalue weighted by molar-refractivity contribution is 9.09. The van der Waals surface area contributed by atoms with Crippen LogP contribution in [0.5, 0.6) is 11.5 Å². The average Bonchev–Trinajstić information content (AvgIpc) is 3.31. The van der Waals surface area contributed by atoms with Crippen molar-refractivity contribution in [2.75, 3.05) is 17.5 Å². The van der Waals surface area contributed by atoms with Crippen molar-refractivity contribution in [1.82, 2.24) is 4.90 Å². The second kappa shape index (κ2) is 10.1. The van der Waals surface area contributed by atoms with Gasteiger partial charge in [-0.1, -0.05) is 39.7 Å². The number of fused-ring (bicyclic) bond motifs is 4. The fourth-order valence-corrected chi connectivity index (χ4v) is 8.49. The Morgan fingerprint density at radius 3 is 2.45 bits per heavy atom. The first-order chi connectivity index (χ1) is 19.9. The lowest BCUT2D eigenvalue weighted by atomic mass is 9.56. The van der Waals surface area contributed by atoms with Gasteiger partial charge in [0.05, 0.1) is 30.1 Å². The number of rotatable bonds is 5. The van der Waals surface area contributed by atoms with E-state index in [0.29, 0.717) is 11.3 Å². The van der Waals surface area contributed by atoms with Crippen LogP contribution in [0.4, 0.5) is 5.69 Å². The van der Waals surface area contributed by atoms with Crippen LogP contribution in [-0.2, 0) is 19.2 Å². The molecule has 6 rings (SSSR count). The summed E-state index contributed by atoms with van der Waals surface area (Å²) >= 11 is 17.6. The van der Waals surface area contributed by atoms with E-state index in [4.69, 9.17) is 27.9 Å². The molecule has 0 bridgehead atoms. The van der Waals surface area contributed by atoms with Crippen molar-refractivity contribution >= 4 is 81.0 Å². The number of likely N-dealkylation sites (tertiary alicyclic amines) is 1. The fraction of sp³-hybridized carbons (Fsp3) is 0.357. The van der Waals surface area contributed by atoms with Gasteiger partial charge in [-0.3, -0.25) is 29.0 Å². The molecule has 3 N–H and O–H groups in total. The molecule has 2 aromatic carbocycles. The summed E-state index contributed by atoms with van der Waals surface area (Å²) in [5.74, 6) is -6.04. The summed E-state index contributed by atoms with van der Waals surface area (Å²) < 4.78 is 5.37. The molecule has 0 radical (unpaired) electrons. The second-order valence-corrected chi connectivity index (χ2v) is 12.6. The van der Waals surface area contributed by atoms with Gasteiger partial charge in [-0.05, 0) is 54.6 Å².